The van der Waals surface area contributed by atoms with Gasteiger partial charge in [-0.1, -0.05) is 29.5 Å². The van der Waals surface area contributed by atoms with E-state index in [0.717, 1.165) is 24.3 Å². The van der Waals surface area contributed by atoms with Gasteiger partial charge in [0.05, 0.1) is 18.5 Å². The fourth-order valence-electron chi connectivity index (χ4n) is 1.84. The van der Waals surface area contributed by atoms with Gasteiger partial charge in [-0.2, -0.15) is 0 Å². The molecule has 0 atom stereocenters. The van der Waals surface area contributed by atoms with Crippen molar-refractivity contribution in [1.82, 2.24) is 10.2 Å². The van der Waals surface area contributed by atoms with Gasteiger partial charge in [-0.3, -0.25) is 0 Å². The van der Waals surface area contributed by atoms with E-state index in [1.807, 2.05) is 6.07 Å². The molecular formula is C13H14N2O2S. The van der Waals surface area contributed by atoms with Crippen molar-refractivity contribution in [2.75, 3.05) is 13.2 Å². The third-order valence-corrected chi connectivity index (χ3v) is 3.87. The van der Waals surface area contributed by atoms with Gasteiger partial charge in [0.1, 0.15) is 0 Å². The van der Waals surface area contributed by atoms with Gasteiger partial charge >= 0.3 is 0 Å². The maximum Gasteiger partial charge on any atom is 0.277 e. The van der Waals surface area contributed by atoms with E-state index in [0.29, 0.717) is 16.4 Å². The highest BCUT2D eigenvalue weighted by atomic mass is 32.2. The molecule has 0 spiro atoms. The molecule has 2 aromatic rings. The second kappa shape index (κ2) is 4.74. The minimum atomic E-state index is 0.456. The molecule has 18 heavy (non-hydrogen) atoms. The predicted molar refractivity (Wildman–Crippen MR) is 69.7 cm³/mol. The van der Waals surface area contributed by atoms with E-state index in [1.54, 1.807) is 11.8 Å². The fraction of sp³-hybridized carbons (Fsp3) is 0.385. The maximum absolute atomic E-state index is 5.68. The summed E-state index contributed by atoms with van der Waals surface area (Å²) in [5.41, 5.74) is 3.39. The van der Waals surface area contributed by atoms with Gasteiger partial charge in [0.15, 0.2) is 0 Å². The number of hydrogen-bond acceptors (Lipinski definition) is 5. The number of nitrogens with zero attached hydrogens (tertiary/aromatic N) is 2. The molecule has 0 N–H and O–H groups in total. The number of benzene rings is 1. The molecule has 94 valence electrons. The normalized spacial score (nSPS) is 15.7. The van der Waals surface area contributed by atoms with Crippen LogP contribution in [0.2, 0.25) is 0 Å². The molecule has 3 rings (SSSR count). The van der Waals surface area contributed by atoms with Crippen molar-refractivity contribution in [3.8, 4) is 11.5 Å². The summed E-state index contributed by atoms with van der Waals surface area (Å²) < 4.78 is 10.8. The molecule has 1 aliphatic rings. The molecule has 0 bridgehead atoms. The topological polar surface area (TPSA) is 48.2 Å². The highest BCUT2D eigenvalue weighted by molar-refractivity contribution is 7.99. The third-order valence-electron chi connectivity index (χ3n) is 2.89. The van der Waals surface area contributed by atoms with Gasteiger partial charge in [0.2, 0.25) is 5.89 Å². The summed E-state index contributed by atoms with van der Waals surface area (Å²) in [5, 5.41) is 9.26. The zero-order valence-electron chi connectivity index (χ0n) is 10.3. The number of rotatable bonds is 3. The molecule has 1 aliphatic heterocycles. The van der Waals surface area contributed by atoms with Crippen molar-refractivity contribution < 1.29 is 9.15 Å². The quantitative estimate of drug-likeness (QED) is 0.851. The smallest absolute Gasteiger partial charge is 0.277 e. The average Bonchev–Trinajstić information content (AvgIpc) is 2.72. The number of hydrogen-bond donors (Lipinski definition) is 0. The standard InChI is InChI=1S/C13H14N2O2S/c1-8-3-4-11(9(2)5-8)12-14-15-13(17-12)18-10-6-16-7-10/h3-5,10H,6-7H2,1-2H3. The molecule has 2 heterocycles. The molecule has 4 nitrogen and oxygen atoms in total. The van der Waals surface area contributed by atoms with Crippen LogP contribution < -0.4 is 0 Å². The fourth-order valence-corrected chi connectivity index (χ4v) is 2.67. The van der Waals surface area contributed by atoms with Crippen LogP contribution in [-0.4, -0.2) is 28.7 Å². The molecule has 0 radical (unpaired) electrons. The minimum Gasteiger partial charge on any atom is -0.411 e. The van der Waals surface area contributed by atoms with E-state index < -0.39 is 0 Å². The van der Waals surface area contributed by atoms with Crippen LogP contribution in [0.5, 0.6) is 0 Å². The van der Waals surface area contributed by atoms with E-state index in [1.165, 1.54) is 5.56 Å². The zero-order valence-corrected chi connectivity index (χ0v) is 11.2. The Hall–Kier alpha value is -1.33. The Morgan fingerprint density at radius 3 is 2.72 bits per heavy atom. The van der Waals surface area contributed by atoms with Crippen molar-refractivity contribution in [3.05, 3.63) is 29.3 Å². The summed E-state index contributed by atoms with van der Waals surface area (Å²) in [6.45, 7) is 5.67. The van der Waals surface area contributed by atoms with Gasteiger partial charge < -0.3 is 9.15 Å². The van der Waals surface area contributed by atoms with Gasteiger partial charge in [-0.15, -0.1) is 10.2 Å². The Labute approximate surface area is 110 Å². The maximum atomic E-state index is 5.68. The summed E-state index contributed by atoms with van der Waals surface area (Å²) in [5.74, 6) is 0.593. The average molecular weight is 262 g/mol. The molecule has 5 heteroatoms. The van der Waals surface area contributed by atoms with E-state index in [4.69, 9.17) is 9.15 Å². The Morgan fingerprint density at radius 1 is 1.22 bits per heavy atom. The van der Waals surface area contributed by atoms with Crippen molar-refractivity contribution in [1.29, 1.82) is 0 Å². The predicted octanol–water partition coefficient (Wildman–Crippen LogP) is 2.84. The second-order valence-electron chi connectivity index (χ2n) is 4.47. The van der Waals surface area contributed by atoms with Crippen molar-refractivity contribution in [2.45, 2.75) is 24.3 Å². The number of aromatic nitrogens is 2. The van der Waals surface area contributed by atoms with Crippen LogP contribution in [0.3, 0.4) is 0 Å². The van der Waals surface area contributed by atoms with E-state index >= 15 is 0 Å². The number of thioether (sulfide) groups is 1. The summed E-state index contributed by atoms with van der Waals surface area (Å²) >= 11 is 1.59. The molecule has 0 saturated carbocycles. The van der Waals surface area contributed by atoms with E-state index in [9.17, 15) is 0 Å². The lowest BCUT2D eigenvalue weighted by molar-refractivity contribution is 0.0451. The van der Waals surface area contributed by atoms with Gasteiger partial charge in [-0.25, -0.2) is 0 Å². The molecule has 1 saturated heterocycles. The van der Waals surface area contributed by atoms with Crippen molar-refractivity contribution in [2.24, 2.45) is 0 Å². The molecule has 1 aromatic heterocycles. The summed E-state index contributed by atoms with van der Waals surface area (Å²) in [6.07, 6.45) is 0. The highest BCUT2D eigenvalue weighted by Crippen LogP contribution is 2.30. The first-order valence-corrected chi connectivity index (χ1v) is 6.76. The Morgan fingerprint density at radius 2 is 2.06 bits per heavy atom. The summed E-state index contributed by atoms with van der Waals surface area (Å²) in [6, 6.07) is 6.20. The zero-order chi connectivity index (χ0) is 12.5. The van der Waals surface area contributed by atoms with Gasteiger partial charge in [0.25, 0.3) is 5.22 Å². The second-order valence-corrected chi connectivity index (χ2v) is 5.72. The van der Waals surface area contributed by atoms with Crippen LogP contribution in [-0.2, 0) is 4.74 Å². The van der Waals surface area contributed by atoms with Crippen LogP contribution in [0.15, 0.2) is 27.8 Å². The van der Waals surface area contributed by atoms with Crippen LogP contribution in [0.4, 0.5) is 0 Å². The molecule has 1 aromatic carbocycles. The lowest BCUT2D eigenvalue weighted by atomic mass is 10.1. The number of ether oxygens (including phenoxy) is 1. The number of aryl methyl sites for hydroxylation is 2. The van der Waals surface area contributed by atoms with Gasteiger partial charge in [-0.05, 0) is 25.5 Å². The summed E-state index contributed by atoms with van der Waals surface area (Å²) in [4.78, 5) is 0. The largest absolute Gasteiger partial charge is 0.411 e. The minimum absolute atomic E-state index is 0.456. The highest BCUT2D eigenvalue weighted by Gasteiger charge is 2.23. The lowest BCUT2D eigenvalue weighted by Gasteiger charge is -2.23. The van der Waals surface area contributed by atoms with Crippen molar-refractivity contribution in [3.63, 3.8) is 0 Å². The SMILES string of the molecule is Cc1ccc(-c2nnc(SC3COC3)o2)c(C)c1. The van der Waals surface area contributed by atoms with Crippen LogP contribution in [0.25, 0.3) is 11.5 Å². The van der Waals surface area contributed by atoms with Crippen LogP contribution >= 0.6 is 11.8 Å². The molecule has 0 unspecified atom stereocenters. The first-order chi connectivity index (χ1) is 8.72. The molecular weight excluding hydrogens is 248 g/mol. The van der Waals surface area contributed by atoms with E-state index in [2.05, 4.69) is 36.2 Å². The summed E-state index contributed by atoms with van der Waals surface area (Å²) in [7, 11) is 0. The molecule has 0 aliphatic carbocycles. The monoisotopic (exact) mass is 262 g/mol. The van der Waals surface area contributed by atoms with Crippen LogP contribution in [0, 0.1) is 13.8 Å². The van der Waals surface area contributed by atoms with Gasteiger partial charge in [0, 0.05) is 5.56 Å². The van der Waals surface area contributed by atoms with Crippen LogP contribution in [0.1, 0.15) is 11.1 Å². The molecule has 0 amide bonds. The Balaban J connectivity index is 1.83. The van der Waals surface area contributed by atoms with Crippen molar-refractivity contribution >= 4 is 11.8 Å². The third kappa shape index (κ3) is 2.28. The Kier molecular flexibility index (Phi) is 3.09. The Bertz CT molecular complexity index is 564. The first kappa shape index (κ1) is 11.7. The molecule has 1 fully saturated rings. The van der Waals surface area contributed by atoms with E-state index in [-0.39, 0.29) is 0 Å². The first-order valence-electron chi connectivity index (χ1n) is 5.88. The lowest BCUT2D eigenvalue weighted by Crippen LogP contribution is -2.30.